The van der Waals surface area contributed by atoms with Crippen molar-refractivity contribution in [2.45, 2.75) is 45.7 Å². The summed E-state index contributed by atoms with van der Waals surface area (Å²) in [7, 11) is 0. The second kappa shape index (κ2) is 8.20. The van der Waals surface area contributed by atoms with E-state index in [0.29, 0.717) is 12.1 Å². The van der Waals surface area contributed by atoms with Crippen LogP contribution in [0, 0.1) is 0 Å². The van der Waals surface area contributed by atoms with E-state index < -0.39 is 0 Å². The predicted molar refractivity (Wildman–Crippen MR) is 91.3 cm³/mol. The second-order valence-corrected chi connectivity index (χ2v) is 6.32. The SMILES string of the molecule is CCCOc1ccc(C(C)NC(C)Cc2ccsc2)cc1. The molecule has 2 atom stereocenters. The van der Waals surface area contributed by atoms with E-state index >= 15 is 0 Å². The Balaban J connectivity index is 1.85. The van der Waals surface area contributed by atoms with E-state index in [1.54, 1.807) is 11.3 Å². The maximum absolute atomic E-state index is 5.62. The molecule has 0 amide bonds. The van der Waals surface area contributed by atoms with Gasteiger partial charge >= 0.3 is 0 Å². The van der Waals surface area contributed by atoms with E-state index in [1.165, 1.54) is 11.1 Å². The van der Waals surface area contributed by atoms with Gasteiger partial charge in [-0.3, -0.25) is 0 Å². The lowest BCUT2D eigenvalue weighted by molar-refractivity contribution is 0.317. The minimum absolute atomic E-state index is 0.346. The lowest BCUT2D eigenvalue weighted by Gasteiger charge is -2.20. The van der Waals surface area contributed by atoms with E-state index in [9.17, 15) is 0 Å². The maximum Gasteiger partial charge on any atom is 0.119 e. The van der Waals surface area contributed by atoms with Gasteiger partial charge in [0, 0.05) is 12.1 Å². The van der Waals surface area contributed by atoms with Crippen LogP contribution < -0.4 is 10.1 Å². The summed E-state index contributed by atoms with van der Waals surface area (Å²) in [5.74, 6) is 0.958. The fourth-order valence-electron chi connectivity index (χ4n) is 2.42. The zero-order valence-electron chi connectivity index (χ0n) is 13.1. The van der Waals surface area contributed by atoms with E-state index in [1.807, 2.05) is 0 Å². The number of thiophene rings is 1. The molecule has 21 heavy (non-hydrogen) atoms. The van der Waals surface area contributed by atoms with Crippen LogP contribution in [0.3, 0.4) is 0 Å². The lowest BCUT2D eigenvalue weighted by Crippen LogP contribution is -2.30. The Labute approximate surface area is 132 Å². The standard InChI is InChI=1S/C18H25NOS/c1-4-10-20-18-7-5-17(6-8-18)15(3)19-14(2)12-16-9-11-21-13-16/h5-9,11,13-15,19H,4,10,12H2,1-3H3. The molecule has 1 aromatic carbocycles. The highest BCUT2D eigenvalue weighted by atomic mass is 32.1. The van der Waals surface area contributed by atoms with Crippen LogP contribution in [0.2, 0.25) is 0 Å². The van der Waals surface area contributed by atoms with Gasteiger partial charge in [-0.05, 0) is 66.8 Å². The summed E-state index contributed by atoms with van der Waals surface area (Å²) >= 11 is 1.76. The Bertz CT molecular complexity index is 507. The molecule has 1 heterocycles. The molecular weight excluding hydrogens is 278 g/mol. The first-order valence-electron chi connectivity index (χ1n) is 7.69. The van der Waals surface area contributed by atoms with Crippen molar-refractivity contribution in [1.82, 2.24) is 5.32 Å². The minimum atomic E-state index is 0.346. The topological polar surface area (TPSA) is 21.3 Å². The van der Waals surface area contributed by atoms with Gasteiger partial charge in [0.05, 0.1) is 6.61 Å². The van der Waals surface area contributed by atoms with Crippen LogP contribution in [0.4, 0.5) is 0 Å². The average molecular weight is 303 g/mol. The smallest absolute Gasteiger partial charge is 0.119 e. The van der Waals surface area contributed by atoms with Gasteiger partial charge in [-0.1, -0.05) is 19.1 Å². The van der Waals surface area contributed by atoms with E-state index in [4.69, 9.17) is 4.74 Å². The minimum Gasteiger partial charge on any atom is -0.494 e. The third-order valence-corrected chi connectivity index (χ3v) is 4.24. The molecule has 0 radical (unpaired) electrons. The van der Waals surface area contributed by atoms with Gasteiger partial charge in [0.15, 0.2) is 0 Å². The van der Waals surface area contributed by atoms with Crippen molar-refractivity contribution in [1.29, 1.82) is 0 Å². The quantitative estimate of drug-likeness (QED) is 0.755. The zero-order chi connectivity index (χ0) is 15.1. The Morgan fingerprint density at radius 1 is 1.14 bits per heavy atom. The van der Waals surface area contributed by atoms with Crippen molar-refractivity contribution in [3.8, 4) is 5.75 Å². The summed E-state index contributed by atoms with van der Waals surface area (Å²) in [6.07, 6.45) is 2.12. The molecule has 3 heteroatoms. The third kappa shape index (κ3) is 5.18. The molecule has 0 saturated carbocycles. The normalized spacial score (nSPS) is 13.9. The number of hydrogen-bond acceptors (Lipinski definition) is 3. The van der Waals surface area contributed by atoms with Gasteiger partial charge in [0.2, 0.25) is 0 Å². The van der Waals surface area contributed by atoms with Crippen LogP contribution in [0.5, 0.6) is 5.75 Å². The van der Waals surface area contributed by atoms with Crippen LogP contribution in [-0.2, 0) is 6.42 Å². The van der Waals surface area contributed by atoms with E-state index in [-0.39, 0.29) is 0 Å². The summed E-state index contributed by atoms with van der Waals surface area (Å²) in [6.45, 7) is 7.36. The molecule has 2 rings (SSSR count). The second-order valence-electron chi connectivity index (χ2n) is 5.54. The summed E-state index contributed by atoms with van der Waals surface area (Å²) in [5, 5.41) is 8.03. The Kier molecular flexibility index (Phi) is 6.27. The summed E-state index contributed by atoms with van der Waals surface area (Å²) in [5.41, 5.74) is 2.71. The summed E-state index contributed by atoms with van der Waals surface area (Å²) < 4.78 is 5.62. The zero-order valence-corrected chi connectivity index (χ0v) is 14.0. The first kappa shape index (κ1) is 16.1. The van der Waals surface area contributed by atoms with Gasteiger partial charge in [-0.2, -0.15) is 11.3 Å². The van der Waals surface area contributed by atoms with Crippen LogP contribution in [0.25, 0.3) is 0 Å². The molecule has 0 saturated heterocycles. The van der Waals surface area contributed by atoms with Gasteiger partial charge in [-0.15, -0.1) is 0 Å². The first-order valence-corrected chi connectivity index (χ1v) is 8.63. The highest BCUT2D eigenvalue weighted by Crippen LogP contribution is 2.19. The molecular formula is C18H25NOS. The van der Waals surface area contributed by atoms with Crippen molar-refractivity contribution >= 4 is 11.3 Å². The Hall–Kier alpha value is -1.32. The highest BCUT2D eigenvalue weighted by molar-refractivity contribution is 7.07. The van der Waals surface area contributed by atoms with Gasteiger partial charge in [-0.25, -0.2) is 0 Å². The van der Waals surface area contributed by atoms with Gasteiger partial charge in [0.1, 0.15) is 5.75 Å². The molecule has 0 fully saturated rings. The summed E-state index contributed by atoms with van der Waals surface area (Å²) in [6, 6.07) is 11.4. The summed E-state index contributed by atoms with van der Waals surface area (Å²) in [4.78, 5) is 0. The fourth-order valence-corrected chi connectivity index (χ4v) is 3.10. The van der Waals surface area contributed by atoms with E-state index in [2.05, 4.69) is 67.2 Å². The van der Waals surface area contributed by atoms with Crippen molar-refractivity contribution in [2.24, 2.45) is 0 Å². The number of benzene rings is 1. The predicted octanol–water partition coefficient (Wildman–Crippen LogP) is 4.82. The number of ether oxygens (including phenoxy) is 1. The number of nitrogens with one attached hydrogen (secondary N) is 1. The van der Waals surface area contributed by atoms with Gasteiger partial charge < -0.3 is 10.1 Å². The van der Waals surface area contributed by atoms with Crippen LogP contribution in [0.15, 0.2) is 41.1 Å². The third-order valence-electron chi connectivity index (χ3n) is 3.51. The molecule has 0 spiro atoms. The van der Waals surface area contributed by atoms with E-state index in [0.717, 1.165) is 25.2 Å². The lowest BCUT2D eigenvalue weighted by atomic mass is 10.1. The molecule has 0 aliphatic rings. The van der Waals surface area contributed by atoms with Crippen molar-refractivity contribution in [3.63, 3.8) is 0 Å². The molecule has 0 aliphatic heterocycles. The molecule has 1 aromatic heterocycles. The molecule has 2 unspecified atom stereocenters. The number of hydrogen-bond donors (Lipinski definition) is 1. The molecule has 2 aromatic rings. The van der Waals surface area contributed by atoms with Crippen molar-refractivity contribution < 1.29 is 4.74 Å². The van der Waals surface area contributed by atoms with Crippen LogP contribution >= 0.6 is 11.3 Å². The molecule has 2 nitrogen and oxygen atoms in total. The Morgan fingerprint density at radius 2 is 1.90 bits per heavy atom. The fraction of sp³-hybridized carbons (Fsp3) is 0.444. The molecule has 0 aliphatic carbocycles. The highest BCUT2D eigenvalue weighted by Gasteiger charge is 2.10. The molecule has 0 bridgehead atoms. The van der Waals surface area contributed by atoms with Crippen molar-refractivity contribution in [3.05, 3.63) is 52.2 Å². The molecule has 114 valence electrons. The average Bonchev–Trinajstić information content (AvgIpc) is 2.98. The van der Waals surface area contributed by atoms with Crippen LogP contribution in [0.1, 0.15) is 44.4 Å². The Morgan fingerprint density at radius 3 is 2.52 bits per heavy atom. The van der Waals surface area contributed by atoms with Crippen molar-refractivity contribution in [2.75, 3.05) is 6.61 Å². The van der Waals surface area contributed by atoms with Crippen LogP contribution in [-0.4, -0.2) is 12.6 Å². The monoisotopic (exact) mass is 303 g/mol. The largest absolute Gasteiger partial charge is 0.494 e. The van der Waals surface area contributed by atoms with Gasteiger partial charge in [0.25, 0.3) is 0 Å². The molecule has 1 N–H and O–H groups in total. The first-order chi connectivity index (χ1) is 10.2. The number of rotatable bonds is 8. The maximum atomic E-state index is 5.62.